The van der Waals surface area contributed by atoms with Crippen LogP contribution in [0.3, 0.4) is 0 Å². The van der Waals surface area contributed by atoms with Crippen LogP contribution in [-0.2, 0) is 10.5 Å². The SMILES string of the molecule is CC(NC(=O)CSCc1ccc(F)cc1)c1cn[nH]c1. The third kappa shape index (κ3) is 4.38. The van der Waals surface area contributed by atoms with Gasteiger partial charge in [-0.15, -0.1) is 11.8 Å². The summed E-state index contributed by atoms with van der Waals surface area (Å²) in [6, 6.07) is 6.25. The lowest BCUT2D eigenvalue weighted by atomic mass is 10.2. The minimum atomic E-state index is -0.245. The Morgan fingerprint density at radius 1 is 1.45 bits per heavy atom. The zero-order valence-corrected chi connectivity index (χ0v) is 11.9. The van der Waals surface area contributed by atoms with E-state index >= 15 is 0 Å². The Labute approximate surface area is 121 Å². The Balaban J connectivity index is 1.71. The first-order valence-corrected chi connectivity index (χ1v) is 7.41. The third-order valence-electron chi connectivity index (χ3n) is 2.81. The second-order valence-corrected chi connectivity index (χ2v) is 5.43. The summed E-state index contributed by atoms with van der Waals surface area (Å²) in [5.74, 6) is 0.795. The highest BCUT2D eigenvalue weighted by Crippen LogP contribution is 2.14. The summed E-state index contributed by atoms with van der Waals surface area (Å²) in [6.07, 6.45) is 3.45. The Kier molecular flexibility index (Phi) is 5.17. The van der Waals surface area contributed by atoms with Crippen molar-refractivity contribution in [3.8, 4) is 0 Å². The average Bonchev–Trinajstić information content (AvgIpc) is 2.95. The summed E-state index contributed by atoms with van der Waals surface area (Å²) in [5, 5.41) is 9.46. The maximum Gasteiger partial charge on any atom is 0.230 e. The number of H-pyrrole nitrogens is 1. The third-order valence-corrected chi connectivity index (χ3v) is 3.82. The Bertz CT molecular complexity index is 542. The van der Waals surface area contributed by atoms with Crippen molar-refractivity contribution in [1.29, 1.82) is 0 Å². The average molecular weight is 293 g/mol. The van der Waals surface area contributed by atoms with Crippen molar-refractivity contribution in [1.82, 2.24) is 15.5 Å². The fraction of sp³-hybridized carbons (Fsp3) is 0.286. The highest BCUT2D eigenvalue weighted by atomic mass is 32.2. The Morgan fingerprint density at radius 2 is 2.20 bits per heavy atom. The van der Waals surface area contributed by atoms with Gasteiger partial charge in [0.25, 0.3) is 0 Å². The molecule has 0 aliphatic carbocycles. The molecule has 6 heteroatoms. The summed E-state index contributed by atoms with van der Waals surface area (Å²) >= 11 is 1.50. The molecule has 0 bridgehead atoms. The minimum Gasteiger partial charge on any atom is -0.349 e. The van der Waals surface area contributed by atoms with Crippen molar-refractivity contribution in [2.75, 3.05) is 5.75 Å². The number of amides is 1. The molecule has 106 valence electrons. The van der Waals surface area contributed by atoms with Crippen LogP contribution in [0.2, 0.25) is 0 Å². The van der Waals surface area contributed by atoms with Crippen molar-refractivity contribution in [2.24, 2.45) is 0 Å². The van der Waals surface area contributed by atoms with E-state index in [1.807, 2.05) is 6.92 Å². The van der Waals surface area contributed by atoms with E-state index in [4.69, 9.17) is 0 Å². The highest BCUT2D eigenvalue weighted by molar-refractivity contribution is 7.99. The van der Waals surface area contributed by atoms with Gasteiger partial charge >= 0.3 is 0 Å². The summed E-state index contributed by atoms with van der Waals surface area (Å²) in [6.45, 7) is 1.91. The summed E-state index contributed by atoms with van der Waals surface area (Å²) in [4.78, 5) is 11.8. The number of thioether (sulfide) groups is 1. The van der Waals surface area contributed by atoms with Gasteiger partial charge < -0.3 is 5.32 Å². The summed E-state index contributed by atoms with van der Waals surface area (Å²) < 4.78 is 12.7. The normalized spacial score (nSPS) is 12.1. The molecule has 4 nitrogen and oxygen atoms in total. The number of nitrogens with one attached hydrogen (secondary N) is 2. The van der Waals surface area contributed by atoms with Crippen molar-refractivity contribution in [3.05, 3.63) is 53.6 Å². The van der Waals surface area contributed by atoms with Crippen molar-refractivity contribution >= 4 is 17.7 Å². The zero-order valence-electron chi connectivity index (χ0n) is 11.1. The molecule has 1 heterocycles. The van der Waals surface area contributed by atoms with E-state index in [1.54, 1.807) is 24.5 Å². The predicted molar refractivity (Wildman–Crippen MR) is 77.7 cm³/mol. The minimum absolute atomic E-state index is 0.0224. The number of carbonyl (C=O) groups is 1. The number of nitrogens with zero attached hydrogens (tertiary/aromatic N) is 1. The van der Waals surface area contributed by atoms with Crippen molar-refractivity contribution < 1.29 is 9.18 Å². The molecule has 0 radical (unpaired) electrons. The first kappa shape index (κ1) is 14.6. The molecule has 0 saturated heterocycles. The van der Waals surface area contributed by atoms with Gasteiger partial charge in [0.15, 0.2) is 0 Å². The second-order valence-electron chi connectivity index (χ2n) is 4.44. The van der Waals surface area contributed by atoms with E-state index in [9.17, 15) is 9.18 Å². The quantitative estimate of drug-likeness (QED) is 0.861. The van der Waals surface area contributed by atoms with Crippen LogP contribution >= 0.6 is 11.8 Å². The number of benzene rings is 1. The number of halogens is 1. The van der Waals surface area contributed by atoms with E-state index in [1.165, 1.54) is 23.9 Å². The molecular weight excluding hydrogens is 277 g/mol. The number of hydrogen-bond acceptors (Lipinski definition) is 3. The molecule has 20 heavy (non-hydrogen) atoms. The van der Waals surface area contributed by atoms with E-state index in [0.717, 1.165) is 11.1 Å². The van der Waals surface area contributed by atoms with Gasteiger partial charge in [0.2, 0.25) is 5.91 Å². The van der Waals surface area contributed by atoms with Gasteiger partial charge in [0.05, 0.1) is 18.0 Å². The lowest BCUT2D eigenvalue weighted by Gasteiger charge is -2.11. The van der Waals surface area contributed by atoms with E-state index < -0.39 is 0 Å². The van der Waals surface area contributed by atoms with Crippen molar-refractivity contribution in [3.63, 3.8) is 0 Å². The largest absolute Gasteiger partial charge is 0.349 e. The number of carbonyl (C=O) groups excluding carboxylic acids is 1. The smallest absolute Gasteiger partial charge is 0.230 e. The molecule has 1 aromatic heterocycles. The van der Waals surface area contributed by atoms with Crippen LogP contribution in [-0.4, -0.2) is 21.9 Å². The number of rotatable bonds is 6. The Morgan fingerprint density at radius 3 is 2.85 bits per heavy atom. The Hall–Kier alpha value is -1.82. The lowest BCUT2D eigenvalue weighted by Crippen LogP contribution is -2.28. The lowest BCUT2D eigenvalue weighted by molar-refractivity contribution is -0.119. The molecule has 1 amide bonds. The standard InChI is InChI=1S/C14H16FN3OS/c1-10(12-6-16-17-7-12)18-14(19)9-20-8-11-2-4-13(15)5-3-11/h2-7,10H,8-9H2,1H3,(H,16,17)(H,18,19). The molecule has 1 atom stereocenters. The monoisotopic (exact) mass is 293 g/mol. The van der Waals surface area contributed by atoms with Gasteiger partial charge in [-0.3, -0.25) is 9.89 Å². The van der Waals surface area contributed by atoms with Crippen LogP contribution in [0.15, 0.2) is 36.7 Å². The van der Waals surface area contributed by atoms with Crippen LogP contribution in [0.25, 0.3) is 0 Å². The summed E-state index contributed by atoms with van der Waals surface area (Å²) in [7, 11) is 0. The van der Waals surface area contributed by atoms with Gasteiger partial charge in [-0.1, -0.05) is 12.1 Å². The first-order valence-electron chi connectivity index (χ1n) is 6.25. The fourth-order valence-electron chi connectivity index (χ4n) is 1.71. The number of hydrogen-bond donors (Lipinski definition) is 2. The number of aromatic amines is 1. The van der Waals surface area contributed by atoms with Crippen LogP contribution < -0.4 is 5.32 Å². The van der Waals surface area contributed by atoms with Gasteiger partial charge in [-0.25, -0.2) is 4.39 Å². The first-order chi connectivity index (χ1) is 9.65. The molecule has 1 unspecified atom stereocenters. The molecule has 0 saturated carbocycles. The maximum absolute atomic E-state index is 12.7. The van der Waals surface area contributed by atoms with Crippen molar-refractivity contribution in [2.45, 2.75) is 18.7 Å². The van der Waals surface area contributed by atoms with Crippen LogP contribution in [0.4, 0.5) is 4.39 Å². The molecule has 2 N–H and O–H groups in total. The molecule has 2 aromatic rings. The fourth-order valence-corrected chi connectivity index (χ4v) is 2.51. The predicted octanol–water partition coefficient (Wildman–Crippen LogP) is 2.66. The van der Waals surface area contributed by atoms with Gasteiger partial charge in [-0.05, 0) is 24.6 Å². The molecular formula is C14H16FN3OS. The van der Waals surface area contributed by atoms with Crippen LogP contribution in [0.5, 0.6) is 0 Å². The van der Waals surface area contributed by atoms with E-state index in [0.29, 0.717) is 11.5 Å². The second kappa shape index (κ2) is 7.09. The topological polar surface area (TPSA) is 57.8 Å². The molecule has 1 aromatic carbocycles. The van der Waals surface area contributed by atoms with E-state index in [2.05, 4.69) is 15.5 Å². The zero-order chi connectivity index (χ0) is 14.4. The molecule has 2 rings (SSSR count). The highest BCUT2D eigenvalue weighted by Gasteiger charge is 2.10. The summed E-state index contributed by atoms with van der Waals surface area (Å²) in [5.41, 5.74) is 1.95. The maximum atomic E-state index is 12.7. The van der Waals surface area contributed by atoms with Crippen LogP contribution in [0.1, 0.15) is 24.1 Å². The van der Waals surface area contributed by atoms with Gasteiger partial charge in [-0.2, -0.15) is 5.10 Å². The van der Waals surface area contributed by atoms with Gasteiger partial charge in [0.1, 0.15) is 5.82 Å². The molecule has 0 spiro atoms. The molecule has 0 aliphatic rings. The number of aromatic nitrogens is 2. The molecule has 0 aliphatic heterocycles. The molecule has 0 fully saturated rings. The van der Waals surface area contributed by atoms with Gasteiger partial charge in [0, 0.05) is 17.5 Å². The van der Waals surface area contributed by atoms with Crippen LogP contribution in [0, 0.1) is 5.82 Å². The van der Waals surface area contributed by atoms with E-state index in [-0.39, 0.29) is 17.8 Å².